The molecule has 1 aromatic heterocycles. The molecule has 0 aliphatic carbocycles. The van der Waals surface area contributed by atoms with E-state index in [1.165, 1.54) is 12.1 Å². The van der Waals surface area contributed by atoms with E-state index >= 15 is 0 Å². The SMILES string of the molecule is NCCOCCNC(=O)c1ccc(=O)[nH]n1. The number of nitrogens with zero attached hydrogens (tertiary/aromatic N) is 1. The van der Waals surface area contributed by atoms with E-state index in [1.807, 2.05) is 0 Å². The molecule has 4 N–H and O–H groups in total. The summed E-state index contributed by atoms with van der Waals surface area (Å²) in [6, 6.07) is 2.60. The van der Waals surface area contributed by atoms with E-state index in [4.69, 9.17) is 10.5 Å². The van der Waals surface area contributed by atoms with E-state index in [-0.39, 0.29) is 17.2 Å². The first kappa shape index (κ1) is 12.3. The molecule has 0 radical (unpaired) electrons. The van der Waals surface area contributed by atoms with Crippen LogP contribution in [0, 0.1) is 0 Å². The molecule has 0 aliphatic rings. The zero-order valence-corrected chi connectivity index (χ0v) is 8.73. The quantitative estimate of drug-likeness (QED) is 0.510. The van der Waals surface area contributed by atoms with Gasteiger partial charge in [-0.05, 0) is 6.07 Å². The number of ether oxygens (including phenoxy) is 1. The first-order valence-corrected chi connectivity index (χ1v) is 4.86. The highest BCUT2D eigenvalue weighted by Crippen LogP contribution is 1.87. The van der Waals surface area contributed by atoms with Crippen molar-refractivity contribution in [1.29, 1.82) is 0 Å². The van der Waals surface area contributed by atoms with Crippen LogP contribution in [0.1, 0.15) is 10.5 Å². The number of nitrogens with two attached hydrogens (primary N) is 1. The molecule has 88 valence electrons. The van der Waals surface area contributed by atoms with Crippen LogP contribution in [0.15, 0.2) is 16.9 Å². The summed E-state index contributed by atoms with van der Waals surface area (Å²) < 4.78 is 5.07. The number of carbonyl (C=O) groups is 1. The van der Waals surface area contributed by atoms with Crippen molar-refractivity contribution >= 4 is 5.91 Å². The van der Waals surface area contributed by atoms with Gasteiger partial charge in [-0.3, -0.25) is 9.59 Å². The smallest absolute Gasteiger partial charge is 0.271 e. The Balaban J connectivity index is 2.30. The minimum absolute atomic E-state index is 0.165. The van der Waals surface area contributed by atoms with Crippen LogP contribution in [-0.2, 0) is 4.74 Å². The van der Waals surface area contributed by atoms with Crippen molar-refractivity contribution in [3.05, 3.63) is 28.2 Å². The third kappa shape index (κ3) is 4.20. The van der Waals surface area contributed by atoms with Gasteiger partial charge in [0.25, 0.3) is 11.5 Å². The summed E-state index contributed by atoms with van der Waals surface area (Å²) in [5.41, 5.74) is 5.04. The first-order valence-electron chi connectivity index (χ1n) is 4.86. The molecule has 1 aromatic rings. The predicted octanol–water partition coefficient (Wildman–Crippen LogP) is -1.52. The van der Waals surface area contributed by atoms with Crippen LogP contribution in [0.25, 0.3) is 0 Å². The molecule has 1 heterocycles. The third-order valence-electron chi connectivity index (χ3n) is 1.71. The summed E-state index contributed by atoms with van der Waals surface area (Å²) in [7, 11) is 0. The van der Waals surface area contributed by atoms with Gasteiger partial charge in [-0.15, -0.1) is 0 Å². The molecule has 0 saturated carbocycles. The van der Waals surface area contributed by atoms with Gasteiger partial charge in [0.2, 0.25) is 0 Å². The molecule has 0 aliphatic heterocycles. The summed E-state index contributed by atoms with van der Waals surface area (Å²) in [5, 5.41) is 8.35. The van der Waals surface area contributed by atoms with Crippen molar-refractivity contribution in [1.82, 2.24) is 15.5 Å². The molecule has 1 rings (SSSR count). The normalized spacial score (nSPS) is 10.1. The number of amides is 1. The van der Waals surface area contributed by atoms with Gasteiger partial charge < -0.3 is 15.8 Å². The van der Waals surface area contributed by atoms with Crippen LogP contribution in [0.5, 0.6) is 0 Å². The molecule has 0 fully saturated rings. The summed E-state index contributed by atoms with van der Waals surface area (Å²) in [6.45, 7) is 1.69. The Morgan fingerprint density at radius 3 is 2.94 bits per heavy atom. The van der Waals surface area contributed by atoms with E-state index in [9.17, 15) is 9.59 Å². The predicted molar refractivity (Wildman–Crippen MR) is 57.1 cm³/mol. The van der Waals surface area contributed by atoms with Crippen LogP contribution >= 0.6 is 0 Å². The number of rotatable bonds is 6. The van der Waals surface area contributed by atoms with Gasteiger partial charge in [0.05, 0.1) is 13.2 Å². The molecule has 1 amide bonds. The minimum Gasteiger partial charge on any atom is -0.378 e. The Kier molecular flexibility index (Phi) is 5.17. The van der Waals surface area contributed by atoms with Crippen LogP contribution in [-0.4, -0.2) is 42.4 Å². The topological polar surface area (TPSA) is 110 Å². The van der Waals surface area contributed by atoms with Gasteiger partial charge in [-0.2, -0.15) is 5.10 Å². The van der Waals surface area contributed by atoms with E-state index in [0.717, 1.165) is 0 Å². The largest absolute Gasteiger partial charge is 0.378 e. The standard InChI is InChI=1S/C9H14N4O3/c10-3-5-16-6-4-11-9(15)7-1-2-8(14)13-12-7/h1-2H,3-6,10H2,(H,11,15)(H,13,14). The van der Waals surface area contributed by atoms with E-state index in [0.29, 0.717) is 26.3 Å². The van der Waals surface area contributed by atoms with Crippen LogP contribution in [0.2, 0.25) is 0 Å². The van der Waals surface area contributed by atoms with Gasteiger partial charge >= 0.3 is 0 Å². The highest BCUT2D eigenvalue weighted by molar-refractivity contribution is 5.91. The Morgan fingerprint density at radius 2 is 2.31 bits per heavy atom. The zero-order chi connectivity index (χ0) is 11.8. The number of aromatic nitrogens is 2. The fourth-order valence-electron chi connectivity index (χ4n) is 0.984. The maximum Gasteiger partial charge on any atom is 0.271 e. The highest BCUT2D eigenvalue weighted by Gasteiger charge is 2.05. The van der Waals surface area contributed by atoms with Crippen molar-refractivity contribution in [3.63, 3.8) is 0 Å². The molecule has 0 atom stereocenters. The van der Waals surface area contributed by atoms with E-state index in [1.54, 1.807) is 0 Å². The molecular weight excluding hydrogens is 212 g/mol. The molecule has 7 heteroatoms. The molecule has 0 bridgehead atoms. The summed E-state index contributed by atoms with van der Waals surface area (Å²) in [4.78, 5) is 22.1. The molecule has 0 saturated heterocycles. The second-order valence-corrected chi connectivity index (χ2v) is 2.96. The first-order chi connectivity index (χ1) is 7.74. The fraction of sp³-hybridized carbons (Fsp3) is 0.444. The third-order valence-corrected chi connectivity index (χ3v) is 1.71. The Labute approximate surface area is 92.0 Å². The maximum absolute atomic E-state index is 11.4. The Bertz CT molecular complexity index is 370. The van der Waals surface area contributed by atoms with Crippen molar-refractivity contribution < 1.29 is 9.53 Å². The van der Waals surface area contributed by atoms with Gasteiger partial charge in [0.1, 0.15) is 5.69 Å². The number of hydrogen-bond donors (Lipinski definition) is 3. The van der Waals surface area contributed by atoms with Gasteiger partial charge in [-0.25, -0.2) is 5.10 Å². The highest BCUT2D eigenvalue weighted by atomic mass is 16.5. The lowest BCUT2D eigenvalue weighted by Gasteiger charge is -2.04. The van der Waals surface area contributed by atoms with Crippen LogP contribution < -0.4 is 16.6 Å². The van der Waals surface area contributed by atoms with Crippen molar-refractivity contribution in [2.45, 2.75) is 0 Å². The number of aromatic amines is 1. The number of carbonyl (C=O) groups excluding carboxylic acids is 1. The summed E-state index contributed by atoms with van der Waals surface area (Å²) in [5.74, 6) is -0.354. The monoisotopic (exact) mass is 226 g/mol. The van der Waals surface area contributed by atoms with Crippen LogP contribution in [0.4, 0.5) is 0 Å². The van der Waals surface area contributed by atoms with Crippen LogP contribution in [0.3, 0.4) is 0 Å². The molecule has 0 aromatic carbocycles. The summed E-state index contributed by atoms with van der Waals surface area (Å²) in [6.07, 6.45) is 0. The van der Waals surface area contributed by atoms with E-state index in [2.05, 4.69) is 15.5 Å². The number of H-pyrrole nitrogens is 1. The molecule has 0 unspecified atom stereocenters. The molecule has 0 spiro atoms. The van der Waals surface area contributed by atoms with Crippen molar-refractivity contribution in [2.75, 3.05) is 26.3 Å². The Hall–Kier alpha value is -1.73. The second-order valence-electron chi connectivity index (χ2n) is 2.96. The summed E-state index contributed by atoms with van der Waals surface area (Å²) >= 11 is 0. The molecule has 16 heavy (non-hydrogen) atoms. The zero-order valence-electron chi connectivity index (χ0n) is 8.73. The average Bonchev–Trinajstić information content (AvgIpc) is 2.29. The molecule has 7 nitrogen and oxygen atoms in total. The average molecular weight is 226 g/mol. The minimum atomic E-state index is -0.354. The van der Waals surface area contributed by atoms with Crippen molar-refractivity contribution in [2.24, 2.45) is 5.73 Å². The van der Waals surface area contributed by atoms with Gasteiger partial charge in [0.15, 0.2) is 0 Å². The lowest BCUT2D eigenvalue weighted by molar-refractivity contribution is 0.0914. The van der Waals surface area contributed by atoms with E-state index < -0.39 is 0 Å². The molecular formula is C9H14N4O3. The number of hydrogen-bond acceptors (Lipinski definition) is 5. The second kappa shape index (κ2) is 6.70. The lowest BCUT2D eigenvalue weighted by atomic mass is 10.3. The maximum atomic E-state index is 11.4. The number of nitrogens with one attached hydrogen (secondary N) is 2. The lowest BCUT2D eigenvalue weighted by Crippen LogP contribution is -2.29. The van der Waals surface area contributed by atoms with Gasteiger partial charge in [0, 0.05) is 19.2 Å². The Morgan fingerprint density at radius 1 is 1.50 bits per heavy atom. The van der Waals surface area contributed by atoms with Crippen molar-refractivity contribution in [3.8, 4) is 0 Å². The van der Waals surface area contributed by atoms with Gasteiger partial charge in [-0.1, -0.05) is 0 Å². The fourth-order valence-corrected chi connectivity index (χ4v) is 0.984.